The molecular weight excluding hydrogens is 260 g/mol. The molecular formula is C15H20OS2. The van der Waals surface area contributed by atoms with Crippen LogP contribution in [0.1, 0.15) is 25.8 Å². The van der Waals surface area contributed by atoms with Crippen molar-refractivity contribution in [3.63, 3.8) is 0 Å². The third-order valence-electron chi connectivity index (χ3n) is 2.47. The van der Waals surface area contributed by atoms with Gasteiger partial charge in [0, 0.05) is 0 Å². The predicted molar refractivity (Wildman–Crippen MR) is 85.2 cm³/mol. The summed E-state index contributed by atoms with van der Waals surface area (Å²) in [5.74, 6) is 1.93. The van der Waals surface area contributed by atoms with Crippen molar-refractivity contribution in [1.29, 1.82) is 0 Å². The standard InChI is InChI=1S/C15H20OS2/c1-3-17-15(13-16,18-4-2)12-8-11-14-9-6-5-7-10-14/h5-11,13H,3-4,12H2,1-2H3/b11-8+. The maximum absolute atomic E-state index is 11.4. The molecule has 0 atom stereocenters. The Bertz CT molecular complexity index is 367. The smallest absolute Gasteiger partial charge is 0.146 e. The third-order valence-corrected chi connectivity index (χ3v) is 5.26. The molecule has 0 unspecified atom stereocenters. The molecule has 0 bridgehead atoms. The fraction of sp³-hybridized carbons (Fsp3) is 0.400. The molecule has 0 aromatic heterocycles. The van der Waals surface area contributed by atoms with Crippen LogP contribution in [-0.4, -0.2) is 21.9 Å². The number of rotatable bonds is 8. The third kappa shape index (κ3) is 4.91. The van der Waals surface area contributed by atoms with Gasteiger partial charge in [-0.15, -0.1) is 23.5 Å². The Balaban J connectivity index is 2.66. The minimum atomic E-state index is -0.311. The SMILES string of the molecule is CCSC(C=O)(C/C=C/c1ccccc1)SCC. The van der Waals surface area contributed by atoms with Crippen molar-refractivity contribution in [1.82, 2.24) is 0 Å². The first-order valence-corrected chi connectivity index (χ1v) is 8.19. The Morgan fingerprint density at radius 3 is 2.22 bits per heavy atom. The van der Waals surface area contributed by atoms with Gasteiger partial charge in [0.1, 0.15) is 10.4 Å². The lowest BCUT2D eigenvalue weighted by molar-refractivity contribution is -0.108. The molecule has 3 heteroatoms. The lowest BCUT2D eigenvalue weighted by Crippen LogP contribution is -2.22. The van der Waals surface area contributed by atoms with Crippen LogP contribution in [0.15, 0.2) is 36.4 Å². The molecule has 0 aliphatic carbocycles. The van der Waals surface area contributed by atoms with Gasteiger partial charge in [0.2, 0.25) is 0 Å². The van der Waals surface area contributed by atoms with Gasteiger partial charge in [-0.05, 0) is 23.5 Å². The zero-order chi connectivity index (χ0) is 13.3. The fourth-order valence-electron chi connectivity index (χ4n) is 1.69. The Morgan fingerprint density at radius 2 is 1.72 bits per heavy atom. The van der Waals surface area contributed by atoms with E-state index >= 15 is 0 Å². The van der Waals surface area contributed by atoms with Gasteiger partial charge in [0.25, 0.3) is 0 Å². The number of allylic oxidation sites excluding steroid dienone is 1. The fourth-order valence-corrected chi connectivity index (χ4v) is 4.27. The number of carbonyl (C=O) groups is 1. The monoisotopic (exact) mass is 280 g/mol. The summed E-state index contributed by atoms with van der Waals surface area (Å²) in [6.07, 6.45) is 6.08. The highest BCUT2D eigenvalue weighted by Crippen LogP contribution is 2.38. The van der Waals surface area contributed by atoms with Gasteiger partial charge < -0.3 is 4.79 Å². The average molecular weight is 280 g/mol. The van der Waals surface area contributed by atoms with Crippen LogP contribution < -0.4 is 0 Å². The van der Waals surface area contributed by atoms with Crippen molar-refractivity contribution in [2.45, 2.75) is 24.3 Å². The highest BCUT2D eigenvalue weighted by molar-refractivity contribution is 8.19. The molecule has 1 aromatic rings. The van der Waals surface area contributed by atoms with Crippen molar-refractivity contribution in [2.24, 2.45) is 0 Å². The first kappa shape index (κ1) is 15.4. The molecule has 0 heterocycles. The Kier molecular flexibility index (Phi) is 7.21. The molecule has 0 saturated carbocycles. The Hall–Kier alpha value is -0.670. The van der Waals surface area contributed by atoms with E-state index in [1.807, 2.05) is 18.2 Å². The van der Waals surface area contributed by atoms with Gasteiger partial charge in [0.05, 0.1) is 0 Å². The van der Waals surface area contributed by atoms with Crippen LogP contribution in [0.2, 0.25) is 0 Å². The lowest BCUT2D eigenvalue weighted by Gasteiger charge is -2.24. The zero-order valence-electron chi connectivity index (χ0n) is 11.0. The molecule has 0 fully saturated rings. The maximum Gasteiger partial charge on any atom is 0.146 e. The first-order chi connectivity index (χ1) is 8.76. The van der Waals surface area contributed by atoms with Gasteiger partial charge in [-0.3, -0.25) is 0 Å². The molecule has 1 aromatic carbocycles. The van der Waals surface area contributed by atoms with E-state index in [4.69, 9.17) is 0 Å². The molecule has 98 valence electrons. The van der Waals surface area contributed by atoms with Gasteiger partial charge in [-0.25, -0.2) is 0 Å². The normalized spacial score (nSPS) is 11.9. The summed E-state index contributed by atoms with van der Waals surface area (Å²) in [5.41, 5.74) is 1.18. The summed E-state index contributed by atoms with van der Waals surface area (Å²) in [7, 11) is 0. The molecule has 0 amide bonds. The molecule has 1 nitrogen and oxygen atoms in total. The Labute approximate surface area is 118 Å². The molecule has 1 rings (SSSR count). The number of carbonyl (C=O) groups excluding carboxylic acids is 1. The van der Waals surface area contributed by atoms with E-state index in [-0.39, 0.29) is 4.08 Å². The van der Waals surface area contributed by atoms with E-state index in [1.54, 1.807) is 23.5 Å². The molecule has 0 aliphatic rings. The number of aldehydes is 1. The second kappa shape index (κ2) is 8.44. The summed E-state index contributed by atoms with van der Waals surface area (Å²) >= 11 is 3.45. The quantitative estimate of drug-likeness (QED) is 0.516. The van der Waals surface area contributed by atoms with E-state index in [0.717, 1.165) is 24.2 Å². The van der Waals surface area contributed by atoms with Crippen molar-refractivity contribution >= 4 is 35.9 Å². The van der Waals surface area contributed by atoms with Crippen LogP contribution in [0, 0.1) is 0 Å². The first-order valence-electron chi connectivity index (χ1n) is 6.22. The topological polar surface area (TPSA) is 17.1 Å². The zero-order valence-corrected chi connectivity index (χ0v) is 12.6. The van der Waals surface area contributed by atoms with Crippen molar-refractivity contribution < 1.29 is 4.79 Å². The number of hydrogen-bond acceptors (Lipinski definition) is 3. The summed E-state index contributed by atoms with van der Waals surface area (Å²) in [5, 5.41) is 0. The summed E-state index contributed by atoms with van der Waals surface area (Å²) < 4.78 is -0.311. The van der Waals surface area contributed by atoms with Gasteiger partial charge in [-0.1, -0.05) is 56.3 Å². The average Bonchev–Trinajstić information content (AvgIpc) is 2.40. The van der Waals surface area contributed by atoms with Gasteiger partial charge in [-0.2, -0.15) is 0 Å². The molecule has 0 spiro atoms. The molecule has 0 aliphatic heterocycles. The van der Waals surface area contributed by atoms with E-state index < -0.39 is 0 Å². The molecule has 0 N–H and O–H groups in total. The highest BCUT2D eigenvalue weighted by atomic mass is 32.2. The maximum atomic E-state index is 11.4. The van der Waals surface area contributed by atoms with Gasteiger partial charge in [0.15, 0.2) is 0 Å². The highest BCUT2D eigenvalue weighted by Gasteiger charge is 2.28. The number of thioether (sulfide) groups is 2. The molecule has 18 heavy (non-hydrogen) atoms. The Morgan fingerprint density at radius 1 is 1.11 bits per heavy atom. The van der Waals surface area contributed by atoms with Crippen LogP contribution in [0.5, 0.6) is 0 Å². The second-order valence-electron chi connectivity index (χ2n) is 3.81. The van der Waals surface area contributed by atoms with Crippen LogP contribution in [0.3, 0.4) is 0 Å². The molecule has 0 radical (unpaired) electrons. The van der Waals surface area contributed by atoms with Crippen LogP contribution in [0.25, 0.3) is 6.08 Å². The van der Waals surface area contributed by atoms with Crippen LogP contribution in [-0.2, 0) is 4.79 Å². The predicted octanol–water partition coefficient (Wildman–Crippen LogP) is 4.49. The minimum absolute atomic E-state index is 0.311. The van der Waals surface area contributed by atoms with Gasteiger partial charge >= 0.3 is 0 Å². The minimum Gasteiger partial charge on any atom is -0.301 e. The van der Waals surface area contributed by atoms with Crippen molar-refractivity contribution in [2.75, 3.05) is 11.5 Å². The largest absolute Gasteiger partial charge is 0.301 e. The summed E-state index contributed by atoms with van der Waals surface area (Å²) in [4.78, 5) is 11.4. The van der Waals surface area contributed by atoms with E-state index in [9.17, 15) is 4.79 Å². The van der Waals surface area contributed by atoms with Crippen LogP contribution in [0.4, 0.5) is 0 Å². The van der Waals surface area contributed by atoms with E-state index in [2.05, 4.69) is 38.1 Å². The summed E-state index contributed by atoms with van der Waals surface area (Å²) in [6, 6.07) is 10.2. The number of benzene rings is 1. The molecule has 0 saturated heterocycles. The summed E-state index contributed by atoms with van der Waals surface area (Å²) in [6.45, 7) is 4.19. The van der Waals surface area contributed by atoms with Crippen LogP contribution >= 0.6 is 23.5 Å². The van der Waals surface area contributed by atoms with Crippen molar-refractivity contribution in [3.05, 3.63) is 42.0 Å². The van der Waals surface area contributed by atoms with E-state index in [1.165, 1.54) is 5.56 Å². The number of hydrogen-bond donors (Lipinski definition) is 0. The lowest BCUT2D eigenvalue weighted by atomic mass is 10.2. The van der Waals surface area contributed by atoms with Crippen molar-refractivity contribution in [3.8, 4) is 0 Å². The van der Waals surface area contributed by atoms with E-state index in [0.29, 0.717) is 0 Å². The second-order valence-corrected chi connectivity index (χ2v) is 7.26.